The van der Waals surface area contributed by atoms with Crippen molar-refractivity contribution in [1.29, 1.82) is 0 Å². The van der Waals surface area contributed by atoms with Crippen LogP contribution in [0.15, 0.2) is 80.0 Å². The number of amidine groups is 1. The van der Waals surface area contributed by atoms with Crippen molar-refractivity contribution >= 4 is 29.1 Å². The highest BCUT2D eigenvalue weighted by atomic mass is 19.4. The lowest BCUT2D eigenvalue weighted by Crippen LogP contribution is -2.44. The van der Waals surface area contributed by atoms with Gasteiger partial charge in [0.1, 0.15) is 11.9 Å². The van der Waals surface area contributed by atoms with Crippen LogP contribution in [0.4, 0.5) is 24.5 Å². The molecule has 1 fully saturated rings. The first-order chi connectivity index (χ1) is 17.8. The molecule has 5 rings (SSSR count). The van der Waals surface area contributed by atoms with Gasteiger partial charge in [-0.3, -0.25) is 9.98 Å². The molecule has 0 aliphatic carbocycles. The van der Waals surface area contributed by atoms with E-state index in [-0.39, 0.29) is 11.7 Å². The monoisotopic (exact) mass is 510 g/mol. The molecule has 8 nitrogen and oxygen atoms in total. The molecule has 0 radical (unpaired) electrons. The summed E-state index contributed by atoms with van der Waals surface area (Å²) < 4.78 is 42.4. The SMILES string of the molecule is CNCC1=C(Nc2ccc(N3CCNCC3)c(C(F)(F)F)c2)C2=NC(=C3C=CC(N)=NC3)C=CC2N=C1. The number of halogens is 3. The van der Waals surface area contributed by atoms with E-state index in [1.807, 2.05) is 18.2 Å². The zero-order valence-corrected chi connectivity index (χ0v) is 20.4. The topological polar surface area (TPSA) is 102 Å². The largest absolute Gasteiger partial charge is 0.418 e. The van der Waals surface area contributed by atoms with Gasteiger partial charge in [-0.1, -0.05) is 12.2 Å². The number of hydrogen-bond donors (Lipinski definition) is 4. The summed E-state index contributed by atoms with van der Waals surface area (Å²) in [6.45, 7) is 3.23. The fourth-order valence-electron chi connectivity index (χ4n) is 4.68. The lowest BCUT2D eigenvalue weighted by Gasteiger charge is -2.32. The third-order valence-electron chi connectivity index (χ3n) is 6.54. The number of benzene rings is 1. The van der Waals surface area contributed by atoms with Crippen molar-refractivity contribution in [1.82, 2.24) is 10.6 Å². The van der Waals surface area contributed by atoms with Crippen molar-refractivity contribution in [3.8, 4) is 0 Å². The molecule has 4 aliphatic rings. The number of nitrogens with two attached hydrogens (primary N) is 1. The number of piperazine rings is 1. The number of nitrogens with zero attached hydrogens (tertiary/aromatic N) is 4. The fraction of sp³-hybridized carbons (Fsp3) is 0.346. The average Bonchev–Trinajstić information content (AvgIpc) is 2.90. The maximum absolute atomic E-state index is 14.1. The van der Waals surface area contributed by atoms with Crippen molar-refractivity contribution in [2.24, 2.45) is 20.7 Å². The van der Waals surface area contributed by atoms with Crippen LogP contribution in [-0.2, 0) is 6.18 Å². The summed E-state index contributed by atoms with van der Waals surface area (Å²) in [5.74, 6) is 0.459. The second-order valence-corrected chi connectivity index (χ2v) is 9.09. The molecule has 4 aliphatic heterocycles. The van der Waals surface area contributed by atoms with Crippen LogP contribution in [0.2, 0.25) is 0 Å². The van der Waals surface area contributed by atoms with Crippen LogP contribution in [0.1, 0.15) is 5.56 Å². The number of nitrogens with one attached hydrogen (secondary N) is 3. The smallest absolute Gasteiger partial charge is 0.384 e. The van der Waals surface area contributed by atoms with Crippen LogP contribution in [0, 0.1) is 0 Å². The van der Waals surface area contributed by atoms with Crippen LogP contribution in [0.3, 0.4) is 0 Å². The normalized spacial score (nSPS) is 23.7. The van der Waals surface area contributed by atoms with E-state index in [2.05, 4.69) is 25.9 Å². The molecule has 4 heterocycles. The Kier molecular flexibility index (Phi) is 6.98. The van der Waals surface area contributed by atoms with E-state index in [4.69, 9.17) is 10.7 Å². The first-order valence-electron chi connectivity index (χ1n) is 12.2. The van der Waals surface area contributed by atoms with Crippen LogP contribution < -0.4 is 26.6 Å². The molecule has 5 N–H and O–H groups in total. The predicted octanol–water partition coefficient (Wildman–Crippen LogP) is 2.65. The Morgan fingerprint density at radius 1 is 1.16 bits per heavy atom. The van der Waals surface area contributed by atoms with E-state index in [9.17, 15) is 13.2 Å². The number of anilines is 2. The summed E-state index contributed by atoms with van der Waals surface area (Å²) in [4.78, 5) is 15.5. The third kappa shape index (κ3) is 5.37. The number of hydrogen-bond acceptors (Lipinski definition) is 8. The molecule has 11 heteroatoms. The number of fused-ring (bicyclic) bond motifs is 1. The number of rotatable bonds is 5. The molecular formula is C26H29F3N8. The standard InChI is InChI=1S/C26H29F3N8/c1-31-13-17-15-33-21-5-4-20(16-2-7-23(30)34-14-16)36-25(21)24(17)35-18-3-6-22(19(12-18)26(27,28)29)37-10-8-32-9-11-37/h2-7,12,15,21,31-32,35H,8-11,13-14H2,1H3,(H2,30,34). The first-order valence-corrected chi connectivity index (χ1v) is 12.2. The van der Waals surface area contributed by atoms with E-state index in [1.165, 1.54) is 6.07 Å². The van der Waals surface area contributed by atoms with Gasteiger partial charge in [0.25, 0.3) is 0 Å². The summed E-state index contributed by atoms with van der Waals surface area (Å²) in [6, 6.07) is 4.09. The molecule has 0 amide bonds. The number of dihydropyridines is 3. The lowest BCUT2D eigenvalue weighted by atomic mass is 9.96. The van der Waals surface area contributed by atoms with Gasteiger partial charge in [0.05, 0.1) is 29.2 Å². The van der Waals surface area contributed by atoms with Crippen LogP contribution in [0.25, 0.3) is 0 Å². The molecule has 0 bridgehead atoms. The van der Waals surface area contributed by atoms with Crippen molar-refractivity contribution in [3.05, 3.63) is 70.6 Å². The summed E-state index contributed by atoms with van der Waals surface area (Å²) in [5.41, 5.74) is 9.34. The van der Waals surface area contributed by atoms with Crippen LogP contribution in [-0.4, -0.2) is 70.1 Å². The van der Waals surface area contributed by atoms with Gasteiger partial charge in [-0.05, 0) is 43.0 Å². The minimum atomic E-state index is -4.49. The van der Waals surface area contributed by atoms with Crippen LogP contribution in [0.5, 0.6) is 0 Å². The Balaban J connectivity index is 1.52. The fourth-order valence-corrected chi connectivity index (χ4v) is 4.68. The Bertz CT molecular complexity index is 1280. The summed E-state index contributed by atoms with van der Waals surface area (Å²) in [7, 11) is 1.81. The highest BCUT2D eigenvalue weighted by Crippen LogP contribution is 2.39. The van der Waals surface area contributed by atoms with E-state index in [1.54, 1.807) is 36.4 Å². The lowest BCUT2D eigenvalue weighted by molar-refractivity contribution is -0.137. The highest BCUT2D eigenvalue weighted by molar-refractivity contribution is 6.15. The zero-order valence-electron chi connectivity index (χ0n) is 20.4. The molecule has 0 saturated carbocycles. The van der Waals surface area contributed by atoms with Gasteiger partial charge in [0.15, 0.2) is 0 Å². The highest BCUT2D eigenvalue weighted by Gasteiger charge is 2.36. The van der Waals surface area contributed by atoms with Crippen molar-refractivity contribution < 1.29 is 13.2 Å². The summed E-state index contributed by atoms with van der Waals surface area (Å²) >= 11 is 0. The number of allylic oxidation sites excluding steroid dienone is 1. The Morgan fingerprint density at radius 2 is 1.97 bits per heavy atom. The van der Waals surface area contributed by atoms with E-state index >= 15 is 0 Å². The molecule has 1 aromatic rings. The van der Waals surface area contributed by atoms with Crippen molar-refractivity contribution in [3.63, 3.8) is 0 Å². The van der Waals surface area contributed by atoms with Crippen molar-refractivity contribution in [2.45, 2.75) is 12.2 Å². The van der Waals surface area contributed by atoms with E-state index < -0.39 is 11.7 Å². The molecule has 1 saturated heterocycles. The number of likely N-dealkylation sites (N-methyl/N-ethyl adjacent to an activating group) is 1. The second kappa shape index (κ2) is 10.3. The average molecular weight is 511 g/mol. The van der Waals surface area contributed by atoms with Gasteiger partial charge >= 0.3 is 6.18 Å². The minimum Gasteiger partial charge on any atom is -0.384 e. The number of alkyl halides is 3. The van der Waals surface area contributed by atoms with Crippen molar-refractivity contribution in [2.75, 3.05) is 56.5 Å². The molecular weight excluding hydrogens is 481 g/mol. The molecule has 1 aromatic carbocycles. The third-order valence-corrected chi connectivity index (χ3v) is 6.54. The maximum Gasteiger partial charge on any atom is 0.418 e. The van der Waals surface area contributed by atoms with Gasteiger partial charge in [-0.25, -0.2) is 4.99 Å². The molecule has 0 spiro atoms. The Hall–Kier alpha value is -3.70. The van der Waals surface area contributed by atoms with Gasteiger partial charge in [0, 0.05) is 55.9 Å². The number of aliphatic imine (C=N–C) groups is 3. The van der Waals surface area contributed by atoms with Gasteiger partial charge in [-0.15, -0.1) is 0 Å². The predicted molar refractivity (Wildman–Crippen MR) is 143 cm³/mol. The molecule has 37 heavy (non-hydrogen) atoms. The molecule has 194 valence electrons. The van der Waals surface area contributed by atoms with Gasteiger partial charge < -0.3 is 26.6 Å². The van der Waals surface area contributed by atoms with E-state index in [0.717, 1.165) is 16.8 Å². The zero-order chi connectivity index (χ0) is 26.0. The first kappa shape index (κ1) is 25.0. The summed E-state index contributed by atoms with van der Waals surface area (Å²) in [5, 5.41) is 9.54. The van der Waals surface area contributed by atoms with E-state index in [0.29, 0.717) is 62.2 Å². The maximum atomic E-state index is 14.1. The molecule has 1 unspecified atom stereocenters. The minimum absolute atomic E-state index is 0.195. The second-order valence-electron chi connectivity index (χ2n) is 9.09. The molecule has 0 aromatic heterocycles. The quantitative estimate of drug-likeness (QED) is 0.488. The molecule has 1 atom stereocenters. The van der Waals surface area contributed by atoms with Gasteiger partial charge in [-0.2, -0.15) is 13.2 Å². The Labute approximate surface area is 213 Å². The van der Waals surface area contributed by atoms with Crippen LogP contribution >= 0.6 is 0 Å². The van der Waals surface area contributed by atoms with Gasteiger partial charge in [0.2, 0.25) is 0 Å². The summed E-state index contributed by atoms with van der Waals surface area (Å²) in [6.07, 6.45) is 4.70. The Morgan fingerprint density at radius 3 is 2.68 bits per heavy atom.